The lowest BCUT2D eigenvalue weighted by Gasteiger charge is -2.13. The van der Waals surface area contributed by atoms with Crippen LogP contribution in [0, 0.1) is 6.92 Å². The van der Waals surface area contributed by atoms with Crippen LogP contribution in [0.5, 0.6) is 5.75 Å². The molecule has 0 aliphatic heterocycles. The van der Waals surface area contributed by atoms with E-state index in [4.69, 9.17) is 10.5 Å². The number of hydrogen-bond donors (Lipinski definition) is 2. The molecule has 0 aliphatic carbocycles. The van der Waals surface area contributed by atoms with Crippen molar-refractivity contribution < 1.29 is 14.4 Å². The fraction of sp³-hybridized carbons (Fsp3) is 0.381. The summed E-state index contributed by atoms with van der Waals surface area (Å²) in [7, 11) is 0. The molecule has 5 nitrogen and oxygen atoms in total. The molecule has 0 saturated carbocycles. The highest BCUT2D eigenvalue weighted by atomic mass is 16.5. The van der Waals surface area contributed by atoms with Gasteiger partial charge in [0.05, 0.1) is 6.54 Å². The second-order valence-electron chi connectivity index (χ2n) is 6.69. The predicted molar refractivity (Wildman–Crippen MR) is 104 cm³/mol. The maximum Gasteiger partial charge on any atom is 0.356 e. The van der Waals surface area contributed by atoms with E-state index in [1.54, 1.807) is 0 Å². The lowest BCUT2D eigenvalue weighted by molar-refractivity contribution is -0.665. The molecule has 5 heteroatoms. The number of hydrogen-bond acceptors (Lipinski definition) is 3. The van der Waals surface area contributed by atoms with E-state index in [0.717, 1.165) is 41.7 Å². The second-order valence-corrected chi connectivity index (χ2v) is 6.69. The second kappa shape index (κ2) is 8.23. The number of ether oxygens (including phenoxy) is 1. The molecule has 0 bridgehead atoms. The summed E-state index contributed by atoms with van der Waals surface area (Å²) < 4.78 is 9.90. The summed E-state index contributed by atoms with van der Waals surface area (Å²) in [4.78, 5) is 0. The number of aliphatic hydroxyl groups is 1. The van der Waals surface area contributed by atoms with Crippen molar-refractivity contribution in [3.63, 3.8) is 0 Å². The standard InChI is InChI=1S/C21H27N3O2/c1-3-4-13-23-18-10-6-7-11-19(18)24(21(23)22)14-17(25)15-26-20-12-8-5-9-16(20)2/h5-12,17,22,25H,3-4,13-15H2,1-2H3/p+1/t17-/m0/s1. The van der Waals surface area contributed by atoms with Crippen LogP contribution >= 0.6 is 0 Å². The third-order valence-electron chi connectivity index (χ3n) is 4.67. The Balaban J connectivity index is 1.77. The van der Waals surface area contributed by atoms with Crippen LogP contribution in [0.25, 0.3) is 11.0 Å². The molecular formula is C21H28N3O2+. The SMILES string of the molecule is CCCCn1c(N)[n+](C[C@H](O)COc2ccccc2C)c2ccccc21. The molecule has 0 amide bonds. The lowest BCUT2D eigenvalue weighted by Crippen LogP contribution is -2.43. The largest absolute Gasteiger partial charge is 0.490 e. The Labute approximate surface area is 154 Å². The summed E-state index contributed by atoms with van der Waals surface area (Å²) >= 11 is 0. The molecule has 138 valence electrons. The molecule has 3 rings (SSSR count). The van der Waals surface area contributed by atoms with E-state index < -0.39 is 6.10 Å². The van der Waals surface area contributed by atoms with Crippen LogP contribution in [-0.4, -0.2) is 22.4 Å². The fourth-order valence-corrected chi connectivity index (χ4v) is 3.22. The Morgan fingerprint density at radius 3 is 2.65 bits per heavy atom. The van der Waals surface area contributed by atoms with Crippen LogP contribution in [0.1, 0.15) is 25.3 Å². The summed E-state index contributed by atoms with van der Waals surface area (Å²) in [6.45, 7) is 5.67. The van der Waals surface area contributed by atoms with Crippen molar-refractivity contribution in [3.05, 3.63) is 54.1 Å². The Morgan fingerprint density at radius 2 is 1.88 bits per heavy atom. The van der Waals surface area contributed by atoms with Crippen molar-refractivity contribution in [2.75, 3.05) is 12.3 Å². The van der Waals surface area contributed by atoms with Gasteiger partial charge in [-0.25, -0.2) is 9.13 Å². The Hall–Kier alpha value is -2.53. The minimum absolute atomic E-state index is 0.228. The first kappa shape index (κ1) is 18.3. The van der Waals surface area contributed by atoms with Gasteiger partial charge in [0.1, 0.15) is 36.0 Å². The van der Waals surface area contributed by atoms with Gasteiger partial charge in [-0.1, -0.05) is 43.7 Å². The van der Waals surface area contributed by atoms with Crippen molar-refractivity contribution in [3.8, 4) is 5.75 Å². The van der Waals surface area contributed by atoms with Crippen LogP contribution in [-0.2, 0) is 13.1 Å². The van der Waals surface area contributed by atoms with Crippen molar-refractivity contribution in [1.82, 2.24) is 4.57 Å². The molecule has 26 heavy (non-hydrogen) atoms. The molecule has 0 unspecified atom stereocenters. The summed E-state index contributed by atoms with van der Waals surface area (Å²) in [5.74, 6) is 1.48. The van der Waals surface area contributed by atoms with E-state index in [1.165, 1.54) is 0 Å². The fourth-order valence-electron chi connectivity index (χ4n) is 3.22. The molecule has 1 atom stereocenters. The molecule has 3 N–H and O–H groups in total. The zero-order valence-electron chi connectivity index (χ0n) is 15.6. The van der Waals surface area contributed by atoms with Crippen molar-refractivity contribution in [2.45, 2.75) is 45.9 Å². The zero-order chi connectivity index (χ0) is 18.5. The number of nitrogens with zero attached hydrogens (tertiary/aromatic N) is 2. The van der Waals surface area contributed by atoms with Crippen LogP contribution in [0.15, 0.2) is 48.5 Å². The summed E-state index contributed by atoms with van der Waals surface area (Å²) in [6.07, 6.45) is 1.54. The lowest BCUT2D eigenvalue weighted by atomic mass is 10.2. The van der Waals surface area contributed by atoms with Gasteiger partial charge in [-0.05, 0) is 37.1 Å². The van der Waals surface area contributed by atoms with Crippen LogP contribution in [0.3, 0.4) is 0 Å². The molecule has 3 aromatic rings. The minimum Gasteiger partial charge on any atom is -0.490 e. The molecule has 1 heterocycles. The van der Waals surface area contributed by atoms with E-state index in [9.17, 15) is 5.11 Å². The molecule has 0 aliphatic rings. The Bertz CT molecular complexity index is 873. The van der Waals surface area contributed by atoms with Gasteiger partial charge in [0.2, 0.25) is 0 Å². The number of imidazole rings is 1. The third kappa shape index (κ3) is 3.83. The first-order valence-electron chi connectivity index (χ1n) is 9.24. The highest BCUT2D eigenvalue weighted by Crippen LogP contribution is 2.18. The molecule has 0 saturated heterocycles. The summed E-state index contributed by atoms with van der Waals surface area (Å²) in [6, 6.07) is 16.0. The van der Waals surface area contributed by atoms with Gasteiger partial charge in [-0.3, -0.25) is 5.73 Å². The van der Waals surface area contributed by atoms with Crippen molar-refractivity contribution in [1.29, 1.82) is 0 Å². The maximum absolute atomic E-state index is 10.5. The normalized spacial score (nSPS) is 12.4. The van der Waals surface area contributed by atoms with E-state index in [2.05, 4.69) is 17.6 Å². The quantitative estimate of drug-likeness (QED) is 0.611. The Kier molecular flexibility index (Phi) is 5.78. The minimum atomic E-state index is -0.646. The molecular weight excluding hydrogens is 326 g/mol. The van der Waals surface area contributed by atoms with Gasteiger partial charge in [-0.15, -0.1) is 0 Å². The van der Waals surface area contributed by atoms with Crippen molar-refractivity contribution >= 4 is 17.0 Å². The van der Waals surface area contributed by atoms with Crippen LogP contribution in [0.4, 0.5) is 5.95 Å². The highest BCUT2D eigenvalue weighted by Gasteiger charge is 2.22. The predicted octanol–water partition coefficient (Wildman–Crippen LogP) is 3.06. The Morgan fingerprint density at radius 1 is 1.15 bits per heavy atom. The van der Waals surface area contributed by atoms with Gasteiger partial charge < -0.3 is 9.84 Å². The van der Waals surface area contributed by atoms with Crippen molar-refractivity contribution in [2.24, 2.45) is 0 Å². The van der Waals surface area contributed by atoms with E-state index >= 15 is 0 Å². The topological polar surface area (TPSA) is 64.3 Å². The van der Waals surface area contributed by atoms with Gasteiger partial charge in [0, 0.05) is 0 Å². The average molecular weight is 354 g/mol. The molecule has 1 aromatic heterocycles. The molecule has 0 spiro atoms. The summed E-state index contributed by atoms with van der Waals surface area (Å²) in [5.41, 5.74) is 9.61. The number of para-hydroxylation sites is 3. The first-order valence-corrected chi connectivity index (χ1v) is 9.24. The number of fused-ring (bicyclic) bond motifs is 1. The van der Waals surface area contributed by atoms with E-state index in [0.29, 0.717) is 12.5 Å². The number of unbranched alkanes of at least 4 members (excludes halogenated alkanes) is 1. The molecule has 0 radical (unpaired) electrons. The van der Waals surface area contributed by atoms with Gasteiger partial charge in [0.15, 0.2) is 0 Å². The number of anilines is 1. The number of benzene rings is 2. The number of nitrogens with two attached hydrogens (primary N) is 1. The number of aryl methyl sites for hydroxylation is 2. The third-order valence-corrected chi connectivity index (χ3v) is 4.67. The smallest absolute Gasteiger partial charge is 0.356 e. The van der Waals surface area contributed by atoms with E-state index in [-0.39, 0.29) is 6.61 Å². The average Bonchev–Trinajstić information content (AvgIpc) is 2.91. The monoisotopic (exact) mass is 354 g/mol. The van der Waals surface area contributed by atoms with E-state index in [1.807, 2.05) is 54.0 Å². The zero-order valence-corrected chi connectivity index (χ0v) is 15.6. The number of nitrogen functional groups attached to an aromatic ring is 1. The van der Waals surface area contributed by atoms with Gasteiger partial charge in [-0.2, -0.15) is 0 Å². The van der Waals surface area contributed by atoms with Gasteiger partial charge in [0.25, 0.3) is 0 Å². The number of aliphatic hydroxyl groups excluding tert-OH is 1. The van der Waals surface area contributed by atoms with Gasteiger partial charge >= 0.3 is 5.95 Å². The highest BCUT2D eigenvalue weighted by molar-refractivity contribution is 5.73. The van der Waals surface area contributed by atoms with Crippen LogP contribution < -0.4 is 15.0 Å². The molecule has 0 fully saturated rings. The maximum atomic E-state index is 10.5. The number of aromatic nitrogens is 2. The molecule has 2 aromatic carbocycles. The first-order chi connectivity index (χ1) is 12.6. The number of rotatable bonds is 8. The van der Waals surface area contributed by atoms with Crippen LogP contribution in [0.2, 0.25) is 0 Å². The summed E-state index contributed by atoms with van der Waals surface area (Å²) in [5, 5.41) is 10.5.